The number of nitrogens with one attached hydrogen (secondary N) is 1. The van der Waals surface area contributed by atoms with Crippen molar-refractivity contribution in [2.24, 2.45) is 5.92 Å². The van der Waals surface area contributed by atoms with Gasteiger partial charge in [0.15, 0.2) is 0 Å². The highest BCUT2D eigenvalue weighted by atomic mass is 16.5. The maximum atomic E-state index is 13.7. The average molecular weight is 486 g/mol. The number of rotatable bonds is 10. The fraction of sp³-hybridized carbons (Fsp3) is 0.400. The van der Waals surface area contributed by atoms with Gasteiger partial charge in [0.25, 0.3) is 5.91 Å². The zero-order chi connectivity index (χ0) is 25.4. The number of nitrogens with zero attached hydrogens (tertiary/aromatic N) is 2. The Labute approximate surface area is 214 Å². The molecule has 0 radical (unpaired) electrons. The summed E-state index contributed by atoms with van der Waals surface area (Å²) in [5, 5.41) is 3.13. The number of likely N-dealkylation sites (tertiary alicyclic amines) is 1. The monoisotopic (exact) mass is 485 g/mol. The molecule has 1 N–H and O–H groups in total. The van der Waals surface area contributed by atoms with Gasteiger partial charge in [0.2, 0.25) is 0 Å². The van der Waals surface area contributed by atoms with E-state index in [0.717, 1.165) is 50.2 Å². The van der Waals surface area contributed by atoms with E-state index >= 15 is 0 Å². The van der Waals surface area contributed by atoms with Crippen LogP contribution in [0.4, 0.5) is 4.79 Å². The Morgan fingerprint density at radius 2 is 1.83 bits per heavy atom. The van der Waals surface area contributed by atoms with E-state index in [1.165, 1.54) is 10.5 Å². The van der Waals surface area contributed by atoms with Gasteiger partial charge in [0, 0.05) is 12.1 Å². The molecule has 188 valence electrons. The molecular weight excluding hydrogens is 450 g/mol. The average Bonchev–Trinajstić information content (AvgIpc) is 3.16. The zero-order valence-corrected chi connectivity index (χ0v) is 21.0. The van der Waals surface area contributed by atoms with Crippen LogP contribution in [0.25, 0.3) is 0 Å². The number of carbonyl (C=O) groups excluding carboxylic acids is 2. The van der Waals surface area contributed by atoms with Gasteiger partial charge in [-0.25, -0.2) is 4.79 Å². The van der Waals surface area contributed by atoms with Crippen molar-refractivity contribution in [1.82, 2.24) is 15.1 Å². The summed E-state index contributed by atoms with van der Waals surface area (Å²) in [6.07, 6.45) is 4.74. The van der Waals surface area contributed by atoms with Crippen LogP contribution in [0.1, 0.15) is 37.3 Å². The van der Waals surface area contributed by atoms with Crippen LogP contribution in [0.2, 0.25) is 0 Å². The number of aryl methyl sites for hydroxylation is 1. The van der Waals surface area contributed by atoms with E-state index in [9.17, 15) is 9.59 Å². The minimum atomic E-state index is -0.889. The van der Waals surface area contributed by atoms with Crippen molar-refractivity contribution < 1.29 is 14.3 Å². The Morgan fingerprint density at radius 3 is 2.56 bits per heavy atom. The first-order valence-electron chi connectivity index (χ1n) is 12.7. The number of imide groups is 1. The lowest BCUT2D eigenvalue weighted by Gasteiger charge is -2.41. The maximum Gasteiger partial charge on any atom is 0.325 e. The zero-order valence-electron chi connectivity index (χ0n) is 21.0. The predicted octanol–water partition coefficient (Wildman–Crippen LogP) is 4.41. The quantitative estimate of drug-likeness (QED) is 0.308. The van der Waals surface area contributed by atoms with E-state index in [4.69, 9.17) is 4.74 Å². The number of para-hydroxylation sites is 1. The number of benzene rings is 2. The number of piperidine rings is 1. The SMILES string of the molecule is C=CCOc1ccccc1CN1CCC([C@@]2(CCc3ccccc3)NC(=O)N(CC#CC)C2=O)CC1. The Hall–Kier alpha value is -3.56. The van der Waals surface area contributed by atoms with Gasteiger partial charge < -0.3 is 10.1 Å². The minimum absolute atomic E-state index is 0.0701. The summed E-state index contributed by atoms with van der Waals surface area (Å²) in [7, 11) is 0. The third-order valence-corrected chi connectivity index (χ3v) is 7.27. The normalized spacial score (nSPS) is 20.5. The molecule has 4 rings (SSSR count). The molecule has 2 fully saturated rings. The van der Waals surface area contributed by atoms with Gasteiger partial charge in [-0.2, -0.15) is 0 Å². The van der Waals surface area contributed by atoms with Crippen LogP contribution in [0.5, 0.6) is 5.75 Å². The molecule has 1 atom stereocenters. The largest absolute Gasteiger partial charge is 0.489 e. The molecule has 3 amide bonds. The molecule has 36 heavy (non-hydrogen) atoms. The van der Waals surface area contributed by atoms with Crippen molar-refractivity contribution in [2.45, 2.75) is 44.7 Å². The molecular formula is C30H35N3O3. The molecule has 2 aromatic carbocycles. The number of ether oxygens (including phenoxy) is 1. The molecule has 0 bridgehead atoms. The standard InChI is InChI=1S/C30H35N3O3/c1-3-5-19-33-28(34)30(31-29(33)35,18-15-24-11-7-6-8-12-24)26-16-20-32(21-17-26)23-25-13-9-10-14-27(25)36-22-4-2/h4,6-14,26H,2,15-23H2,1H3,(H,31,35)/t30-/m1/s1. The van der Waals surface area contributed by atoms with Crippen molar-refractivity contribution in [3.05, 3.63) is 78.4 Å². The van der Waals surface area contributed by atoms with Gasteiger partial charge >= 0.3 is 6.03 Å². The van der Waals surface area contributed by atoms with Gasteiger partial charge in [-0.3, -0.25) is 14.6 Å². The van der Waals surface area contributed by atoms with E-state index < -0.39 is 5.54 Å². The second kappa shape index (κ2) is 11.9. The summed E-state index contributed by atoms with van der Waals surface area (Å²) in [6.45, 7) is 8.56. The topological polar surface area (TPSA) is 61.9 Å². The number of carbonyl (C=O) groups is 2. The Morgan fingerprint density at radius 1 is 1.11 bits per heavy atom. The second-order valence-corrected chi connectivity index (χ2v) is 9.46. The molecule has 2 aliphatic rings. The van der Waals surface area contributed by atoms with E-state index in [1.54, 1.807) is 13.0 Å². The van der Waals surface area contributed by atoms with Gasteiger partial charge in [0.05, 0.1) is 6.54 Å². The fourth-order valence-corrected chi connectivity index (χ4v) is 5.33. The van der Waals surface area contributed by atoms with Crippen LogP contribution < -0.4 is 10.1 Å². The van der Waals surface area contributed by atoms with E-state index in [0.29, 0.717) is 13.0 Å². The van der Waals surface area contributed by atoms with Crippen molar-refractivity contribution in [2.75, 3.05) is 26.2 Å². The Bertz CT molecular complexity index is 1130. The maximum absolute atomic E-state index is 13.7. The minimum Gasteiger partial charge on any atom is -0.489 e. The van der Waals surface area contributed by atoms with Crippen LogP contribution in [-0.4, -0.2) is 53.5 Å². The lowest BCUT2D eigenvalue weighted by atomic mass is 9.74. The third kappa shape index (κ3) is 5.63. The smallest absolute Gasteiger partial charge is 0.325 e. The van der Waals surface area contributed by atoms with Crippen LogP contribution >= 0.6 is 0 Å². The highest BCUT2D eigenvalue weighted by Crippen LogP contribution is 2.37. The van der Waals surface area contributed by atoms with Gasteiger partial charge in [-0.15, -0.1) is 5.92 Å². The van der Waals surface area contributed by atoms with Crippen LogP contribution in [0.3, 0.4) is 0 Å². The van der Waals surface area contributed by atoms with E-state index in [2.05, 4.69) is 46.8 Å². The summed E-state index contributed by atoms with van der Waals surface area (Å²) in [4.78, 5) is 30.3. The van der Waals surface area contributed by atoms with Gasteiger partial charge in [0.1, 0.15) is 17.9 Å². The molecule has 2 saturated heterocycles. The molecule has 0 aromatic heterocycles. The van der Waals surface area contributed by atoms with Crippen LogP contribution in [0, 0.1) is 17.8 Å². The Kier molecular flexibility index (Phi) is 8.45. The summed E-state index contributed by atoms with van der Waals surface area (Å²) in [6, 6.07) is 17.9. The Balaban J connectivity index is 1.48. The lowest BCUT2D eigenvalue weighted by molar-refractivity contribution is -0.134. The van der Waals surface area contributed by atoms with Crippen molar-refractivity contribution in [3.63, 3.8) is 0 Å². The molecule has 0 aliphatic carbocycles. The number of amides is 3. The highest BCUT2D eigenvalue weighted by molar-refractivity contribution is 6.07. The number of hydrogen-bond acceptors (Lipinski definition) is 4. The first-order valence-corrected chi connectivity index (χ1v) is 12.7. The van der Waals surface area contributed by atoms with Crippen LogP contribution in [0.15, 0.2) is 67.3 Å². The molecule has 6 nitrogen and oxygen atoms in total. The first-order chi connectivity index (χ1) is 17.6. The van der Waals surface area contributed by atoms with Gasteiger partial charge in [-0.05, 0) is 63.2 Å². The summed E-state index contributed by atoms with van der Waals surface area (Å²) in [5.74, 6) is 6.51. The highest BCUT2D eigenvalue weighted by Gasteiger charge is 2.55. The molecule has 0 spiro atoms. The van der Waals surface area contributed by atoms with Gasteiger partial charge in [-0.1, -0.05) is 67.1 Å². The number of hydrogen-bond donors (Lipinski definition) is 1. The van der Waals surface area contributed by atoms with E-state index in [-0.39, 0.29) is 24.4 Å². The summed E-state index contributed by atoms with van der Waals surface area (Å²) < 4.78 is 5.84. The van der Waals surface area contributed by atoms with Crippen LogP contribution in [-0.2, 0) is 17.8 Å². The fourth-order valence-electron chi connectivity index (χ4n) is 5.33. The molecule has 2 aliphatic heterocycles. The molecule has 6 heteroatoms. The van der Waals surface area contributed by atoms with Crippen molar-refractivity contribution in [1.29, 1.82) is 0 Å². The number of urea groups is 1. The van der Waals surface area contributed by atoms with Crippen molar-refractivity contribution >= 4 is 11.9 Å². The molecule has 0 unspecified atom stereocenters. The summed E-state index contributed by atoms with van der Waals surface area (Å²) >= 11 is 0. The first kappa shape index (κ1) is 25.5. The van der Waals surface area contributed by atoms with E-state index in [1.807, 2.05) is 36.4 Å². The molecule has 0 saturated carbocycles. The molecule has 2 heterocycles. The molecule has 2 aromatic rings. The predicted molar refractivity (Wildman–Crippen MR) is 141 cm³/mol. The van der Waals surface area contributed by atoms with Crippen molar-refractivity contribution in [3.8, 4) is 17.6 Å². The second-order valence-electron chi connectivity index (χ2n) is 9.46. The lowest BCUT2D eigenvalue weighted by Crippen LogP contribution is -2.56. The third-order valence-electron chi connectivity index (χ3n) is 7.27. The summed E-state index contributed by atoms with van der Waals surface area (Å²) in [5.41, 5.74) is 1.42.